The molecule has 2 heterocycles. The molecule has 2 heteroatoms. The van der Waals surface area contributed by atoms with Crippen molar-refractivity contribution in [3.05, 3.63) is 194 Å². The van der Waals surface area contributed by atoms with Crippen molar-refractivity contribution in [1.82, 2.24) is 9.13 Å². The number of aromatic nitrogens is 2. The van der Waals surface area contributed by atoms with Gasteiger partial charge in [0, 0.05) is 32.9 Å². The Hall–Kier alpha value is -6.90. The fourth-order valence-corrected chi connectivity index (χ4v) is 8.58. The summed E-state index contributed by atoms with van der Waals surface area (Å²) >= 11 is 0. The van der Waals surface area contributed by atoms with E-state index in [1.54, 1.807) is 0 Å². The number of rotatable bonds is 4. The van der Waals surface area contributed by atoms with Gasteiger partial charge in [0.05, 0.1) is 22.1 Å². The van der Waals surface area contributed by atoms with Crippen molar-refractivity contribution in [1.29, 1.82) is 0 Å². The second kappa shape index (κ2) is 11.3. The Morgan fingerprint density at radius 1 is 0.250 bits per heavy atom. The Bertz CT molecular complexity index is 2870. The van der Waals surface area contributed by atoms with Gasteiger partial charge in [-0.05, 0) is 104 Å². The monoisotopic (exact) mass is 660 g/mol. The van der Waals surface area contributed by atoms with Gasteiger partial charge in [-0.25, -0.2) is 0 Å². The van der Waals surface area contributed by atoms with Crippen molar-refractivity contribution in [3.63, 3.8) is 0 Å². The molecule has 0 N–H and O–H groups in total. The van der Waals surface area contributed by atoms with Crippen LogP contribution in [0, 0.1) is 0 Å². The number of fused-ring (bicyclic) bond motifs is 8. The lowest BCUT2D eigenvalue weighted by Gasteiger charge is -2.14. The molecule has 0 atom stereocenters. The Morgan fingerprint density at radius 3 is 1.02 bits per heavy atom. The maximum atomic E-state index is 2.41. The van der Waals surface area contributed by atoms with Crippen molar-refractivity contribution >= 4 is 65.2 Å². The van der Waals surface area contributed by atoms with E-state index in [9.17, 15) is 0 Å². The van der Waals surface area contributed by atoms with Crippen LogP contribution in [0.15, 0.2) is 194 Å². The van der Waals surface area contributed by atoms with Crippen LogP contribution in [0.5, 0.6) is 0 Å². The van der Waals surface area contributed by atoms with Crippen LogP contribution in [0.4, 0.5) is 0 Å². The molecule has 11 rings (SSSR count). The molecule has 2 aromatic heterocycles. The predicted octanol–water partition coefficient (Wildman–Crippen LogP) is 13.5. The molecule has 0 saturated heterocycles. The molecule has 0 aliphatic heterocycles. The molecule has 11 aromatic rings. The van der Waals surface area contributed by atoms with Crippen LogP contribution in [0.3, 0.4) is 0 Å². The van der Waals surface area contributed by atoms with E-state index < -0.39 is 0 Å². The summed E-state index contributed by atoms with van der Waals surface area (Å²) in [4.78, 5) is 0. The van der Waals surface area contributed by atoms with Crippen LogP contribution in [-0.2, 0) is 0 Å². The number of benzene rings is 9. The van der Waals surface area contributed by atoms with Crippen molar-refractivity contribution < 1.29 is 0 Å². The summed E-state index contributed by atoms with van der Waals surface area (Å²) in [5.74, 6) is 0. The molecule has 0 amide bonds. The summed E-state index contributed by atoms with van der Waals surface area (Å²) in [6, 6.07) is 71.1. The largest absolute Gasteiger partial charge is 0.309 e. The standard InChI is InChI=1S/C50H32N2/c1-5-25-47-41(19-1)42-20-2-6-26-48(42)51(47)37-17-9-13-35(30-37)39-23-11-15-33-29-34-16-12-24-40(46(34)32-45(33)39)36-14-10-18-38(31-36)52-49-27-7-3-21-43(49)44-22-4-8-28-50(44)52/h1-32H. The molecule has 9 aromatic carbocycles. The minimum atomic E-state index is 1.16. The molecule has 0 unspecified atom stereocenters. The van der Waals surface area contributed by atoms with E-state index in [2.05, 4.69) is 203 Å². The zero-order valence-corrected chi connectivity index (χ0v) is 28.4. The van der Waals surface area contributed by atoms with E-state index in [1.165, 1.54) is 87.4 Å². The average Bonchev–Trinajstić information content (AvgIpc) is 3.73. The second-order valence-electron chi connectivity index (χ2n) is 13.7. The van der Waals surface area contributed by atoms with Crippen molar-refractivity contribution in [2.45, 2.75) is 0 Å². The molecule has 0 spiro atoms. The minimum absolute atomic E-state index is 1.16. The van der Waals surface area contributed by atoms with Crippen LogP contribution >= 0.6 is 0 Å². The summed E-state index contributed by atoms with van der Waals surface area (Å²) in [6.07, 6.45) is 0. The Kier molecular flexibility index (Phi) is 6.28. The third-order valence-electron chi connectivity index (χ3n) is 10.9. The van der Waals surface area contributed by atoms with Gasteiger partial charge in [-0.15, -0.1) is 0 Å². The van der Waals surface area contributed by atoms with Crippen molar-refractivity contribution in [2.24, 2.45) is 0 Å². The molecular weight excluding hydrogens is 629 g/mol. The number of para-hydroxylation sites is 4. The zero-order chi connectivity index (χ0) is 34.2. The lowest BCUT2D eigenvalue weighted by molar-refractivity contribution is 1.18. The third-order valence-corrected chi connectivity index (χ3v) is 10.9. The van der Waals surface area contributed by atoms with E-state index in [0.29, 0.717) is 0 Å². The van der Waals surface area contributed by atoms with Crippen LogP contribution in [0.25, 0.3) is 98.8 Å². The quantitative estimate of drug-likeness (QED) is 0.166. The van der Waals surface area contributed by atoms with Gasteiger partial charge in [-0.1, -0.05) is 133 Å². The van der Waals surface area contributed by atoms with E-state index >= 15 is 0 Å². The number of hydrogen-bond donors (Lipinski definition) is 0. The Labute approximate surface area is 301 Å². The molecular formula is C50H32N2. The first-order chi connectivity index (χ1) is 25.8. The van der Waals surface area contributed by atoms with Gasteiger partial charge in [-0.3, -0.25) is 0 Å². The molecule has 0 saturated carbocycles. The normalized spacial score (nSPS) is 11.8. The van der Waals surface area contributed by atoms with Gasteiger partial charge < -0.3 is 9.13 Å². The molecule has 0 radical (unpaired) electrons. The molecule has 52 heavy (non-hydrogen) atoms. The van der Waals surface area contributed by atoms with Crippen molar-refractivity contribution in [3.8, 4) is 33.6 Å². The smallest absolute Gasteiger partial charge is 0.0541 e. The van der Waals surface area contributed by atoms with Gasteiger partial charge in [0.25, 0.3) is 0 Å². The fraction of sp³-hybridized carbons (Fsp3) is 0. The van der Waals surface area contributed by atoms with Gasteiger partial charge in [0.1, 0.15) is 0 Å². The third kappa shape index (κ3) is 4.31. The highest BCUT2D eigenvalue weighted by Gasteiger charge is 2.15. The minimum Gasteiger partial charge on any atom is -0.309 e. The van der Waals surface area contributed by atoms with Gasteiger partial charge >= 0.3 is 0 Å². The zero-order valence-electron chi connectivity index (χ0n) is 28.4. The second-order valence-corrected chi connectivity index (χ2v) is 13.7. The predicted molar refractivity (Wildman–Crippen MR) is 221 cm³/mol. The van der Waals surface area contributed by atoms with E-state index in [-0.39, 0.29) is 0 Å². The Morgan fingerprint density at radius 2 is 0.615 bits per heavy atom. The summed E-state index contributed by atoms with van der Waals surface area (Å²) in [5.41, 5.74) is 12.1. The summed E-state index contributed by atoms with van der Waals surface area (Å²) in [5, 5.41) is 10.1. The van der Waals surface area contributed by atoms with Crippen LogP contribution in [0.2, 0.25) is 0 Å². The SMILES string of the molecule is c1cc(-c2cccc3cc4cccc(-c5cccc(-n6c7ccccc7c7ccccc76)c5)c4cc23)cc(-n2c3ccccc3c3ccccc32)c1. The maximum Gasteiger partial charge on any atom is 0.0541 e. The lowest BCUT2D eigenvalue weighted by Crippen LogP contribution is -1.94. The molecule has 0 aliphatic carbocycles. The first-order valence-electron chi connectivity index (χ1n) is 17.9. The maximum absolute atomic E-state index is 2.41. The van der Waals surface area contributed by atoms with Gasteiger partial charge in [0.2, 0.25) is 0 Å². The molecule has 0 aliphatic rings. The highest BCUT2D eigenvalue weighted by molar-refractivity contribution is 6.12. The topological polar surface area (TPSA) is 9.86 Å². The number of hydrogen-bond acceptors (Lipinski definition) is 0. The average molecular weight is 661 g/mol. The van der Waals surface area contributed by atoms with Crippen molar-refractivity contribution in [2.75, 3.05) is 0 Å². The Balaban J connectivity index is 1.08. The first-order valence-corrected chi connectivity index (χ1v) is 17.9. The summed E-state index contributed by atoms with van der Waals surface area (Å²) in [7, 11) is 0. The van der Waals surface area contributed by atoms with Gasteiger partial charge in [-0.2, -0.15) is 0 Å². The van der Waals surface area contributed by atoms with Crippen LogP contribution in [0.1, 0.15) is 0 Å². The van der Waals surface area contributed by atoms with E-state index in [0.717, 1.165) is 11.4 Å². The highest BCUT2D eigenvalue weighted by atomic mass is 15.0. The molecule has 0 fully saturated rings. The van der Waals surface area contributed by atoms with E-state index in [1.807, 2.05) is 0 Å². The summed E-state index contributed by atoms with van der Waals surface area (Å²) < 4.78 is 4.80. The van der Waals surface area contributed by atoms with Crippen LogP contribution < -0.4 is 0 Å². The summed E-state index contributed by atoms with van der Waals surface area (Å²) in [6.45, 7) is 0. The molecule has 0 bridgehead atoms. The van der Waals surface area contributed by atoms with Crippen LogP contribution in [-0.4, -0.2) is 9.13 Å². The first kappa shape index (κ1) is 28.9. The molecule has 2 nitrogen and oxygen atoms in total. The molecule has 242 valence electrons. The van der Waals surface area contributed by atoms with Gasteiger partial charge in [0.15, 0.2) is 0 Å². The highest BCUT2D eigenvalue weighted by Crippen LogP contribution is 2.39. The van der Waals surface area contributed by atoms with E-state index in [4.69, 9.17) is 0 Å². The fourth-order valence-electron chi connectivity index (χ4n) is 8.58. The number of nitrogens with zero attached hydrogens (tertiary/aromatic N) is 2. The lowest BCUT2D eigenvalue weighted by atomic mass is 9.92.